The average Bonchev–Trinajstić information content (AvgIpc) is 1.35. The van der Waals surface area contributed by atoms with Crippen LogP contribution in [-0.2, 0) is 0 Å². The fourth-order valence-corrected chi connectivity index (χ4v) is 0.559. The second-order valence-electron chi connectivity index (χ2n) is 1.58. The molecule has 0 unspecified atom stereocenters. The molecule has 3 N–H and O–H groups in total. The molecule has 0 heterocycles. The molecule has 1 nitrogen and oxygen atoms in total. The highest BCUT2D eigenvalue weighted by atomic mass is 35.5. The zero-order chi connectivity index (χ0) is 4.99. The van der Waals surface area contributed by atoms with Gasteiger partial charge in [0, 0.05) is 12.3 Å². The van der Waals surface area contributed by atoms with E-state index in [0.717, 1.165) is 12.3 Å². The normalized spacial score (nSPS) is 14.5. The first-order valence-electron chi connectivity index (χ1n) is 2.16. The van der Waals surface area contributed by atoms with Gasteiger partial charge in [0.2, 0.25) is 0 Å². The summed E-state index contributed by atoms with van der Waals surface area (Å²) >= 11 is 5.36. The molecule has 38 valence electrons. The summed E-state index contributed by atoms with van der Waals surface area (Å²) in [6.07, 6.45) is 1.03. The van der Waals surface area contributed by atoms with E-state index in [-0.39, 0.29) is 0 Å². The van der Waals surface area contributed by atoms with Crippen LogP contribution in [0.3, 0.4) is 0 Å². The third-order valence-electron chi connectivity index (χ3n) is 0.602. The summed E-state index contributed by atoms with van der Waals surface area (Å²) in [7, 11) is 0. The number of alkyl halides is 1. The van der Waals surface area contributed by atoms with Crippen LogP contribution in [0.2, 0.25) is 0 Å². The lowest BCUT2D eigenvalue weighted by atomic mass is 10.3. The van der Waals surface area contributed by atoms with Crippen molar-refractivity contribution in [1.82, 2.24) is 0 Å². The molecule has 0 bridgehead atoms. The van der Waals surface area contributed by atoms with Crippen molar-refractivity contribution in [3.63, 3.8) is 0 Å². The number of rotatable bonds is 2. The van der Waals surface area contributed by atoms with E-state index in [1.54, 1.807) is 0 Å². The Morgan fingerprint density at radius 3 is 2.33 bits per heavy atom. The molecular formula is C4H11ClN+. The number of hydrogen-bond acceptors (Lipinski definition) is 0. The molecule has 0 aliphatic carbocycles. The van der Waals surface area contributed by atoms with Crippen LogP contribution in [0, 0.1) is 0 Å². The molecule has 0 saturated carbocycles. The molecule has 0 spiro atoms. The highest BCUT2D eigenvalue weighted by molar-refractivity contribution is 6.17. The molecule has 0 aromatic rings. The summed E-state index contributed by atoms with van der Waals surface area (Å²) in [5, 5.41) is 0. The SMILES string of the molecule is C[C@H]([NH3+])CCCl. The van der Waals surface area contributed by atoms with E-state index < -0.39 is 0 Å². The fraction of sp³-hybridized carbons (Fsp3) is 1.00. The van der Waals surface area contributed by atoms with E-state index in [0.29, 0.717) is 6.04 Å². The van der Waals surface area contributed by atoms with Crippen LogP contribution in [0.15, 0.2) is 0 Å². The topological polar surface area (TPSA) is 27.6 Å². The van der Waals surface area contributed by atoms with Gasteiger partial charge in [0.25, 0.3) is 0 Å². The third kappa shape index (κ3) is 4.25. The lowest BCUT2D eigenvalue weighted by Gasteiger charge is -1.91. The highest BCUT2D eigenvalue weighted by Gasteiger charge is 1.91. The summed E-state index contributed by atoms with van der Waals surface area (Å²) in [5.74, 6) is 0.741. The molecule has 0 rings (SSSR count). The standard InChI is InChI=1S/C4H10ClN/c1-4(6)2-3-5/h4H,2-3,6H2,1H3/p+1/t4-/m0/s1. The van der Waals surface area contributed by atoms with Gasteiger partial charge in [-0.05, 0) is 6.92 Å². The van der Waals surface area contributed by atoms with Crippen molar-refractivity contribution in [2.75, 3.05) is 5.88 Å². The Morgan fingerprint density at radius 2 is 2.33 bits per heavy atom. The Hall–Kier alpha value is 0.250. The van der Waals surface area contributed by atoms with Crippen molar-refractivity contribution in [1.29, 1.82) is 0 Å². The average molecular weight is 109 g/mol. The Morgan fingerprint density at radius 1 is 1.83 bits per heavy atom. The molecule has 0 aromatic carbocycles. The predicted octanol–water partition coefficient (Wildman–Crippen LogP) is 0.246. The zero-order valence-electron chi connectivity index (χ0n) is 4.08. The van der Waals surface area contributed by atoms with Crippen molar-refractivity contribution < 1.29 is 5.73 Å². The maximum absolute atomic E-state index is 5.36. The van der Waals surface area contributed by atoms with Crippen LogP contribution in [0.25, 0.3) is 0 Å². The Bertz CT molecular complexity index is 28.7. The molecule has 1 atom stereocenters. The third-order valence-corrected chi connectivity index (χ3v) is 0.820. The van der Waals surface area contributed by atoms with Gasteiger partial charge in [-0.25, -0.2) is 0 Å². The molecule has 0 saturated heterocycles. The van der Waals surface area contributed by atoms with Gasteiger partial charge >= 0.3 is 0 Å². The second kappa shape index (κ2) is 3.44. The molecular weight excluding hydrogens is 97.5 g/mol. The van der Waals surface area contributed by atoms with E-state index in [9.17, 15) is 0 Å². The summed E-state index contributed by atoms with van der Waals surface area (Å²) < 4.78 is 0. The van der Waals surface area contributed by atoms with Crippen molar-refractivity contribution in [2.45, 2.75) is 19.4 Å². The molecule has 0 aliphatic rings. The van der Waals surface area contributed by atoms with E-state index >= 15 is 0 Å². The van der Waals surface area contributed by atoms with Gasteiger partial charge in [-0.3, -0.25) is 0 Å². The Labute approximate surface area is 43.5 Å². The van der Waals surface area contributed by atoms with Crippen molar-refractivity contribution in [3.8, 4) is 0 Å². The van der Waals surface area contributed by atoms with Gasteiger partial charge in [-0.1, -0.05) is 0 Å². The minimum atomic E-state index is 0.516. The smallest absolute Gasteiger partial charge is 0.0826 e. The number of quaternary nitrogens is 1. The Balaban J connectivity index is 2.63. The van der Waals surface area contributed by atoms with Crippen LogP contribution in [0.4, 0.5) is 0 Å². The van der Waals surface area contributed by atoms with E-state index in [1.165, 1.54) is 0 Å². The van der Waals surface area contributed by atoms with Crippen LogP contribution in [0.1, 0.15) is 13.3 Å². The maximum atomic E-state index is 5.36. The lowest BCUT2D eigenvalue weighted by Crippen LogP contribution is -2.59. The summed E-state index contributed by atoms with van der Waals surface area (Å²) in [6.45, 7) is 2.06. The summed E-state index contributed by atoms with van der Waals surface area (Å²) in [4.78, 5) is 0. The number of hydrogen-bond donors (Lipinski definition) is 1. The molecule has 0 amide bonds. The largest absolute Gasteiger partial charge is 0.355 e. The lowest BCUT2D eigenvalue weighted by molar-refractivity contribution is -0.414. The first-order valence-corrected chi connectivity index (χ1v) is 2.70. The van der Waals surface area contributed by atoms with Gasteiger partial charge in [0.05, 0.1) is 6.04 Å². The van der Waals surface area contributed by atoms with Crippen molar-refractivity contribution in [2.24, 2.45) is 0 Å². The van der Waals surface area contributed by atoms with E-state index in [2.05, 4.69) is 12.7 Å². The van der Waals surface area contributed by atoms with Crippen molar-refractivity contribution >= 4 is 11.6 Å². The molecule has 6 heavy (non-hydrogen) atoms. The van der Waals surface area contributed by atoms with Gasteiger partial charge in [-0.15, -0.1) is 11.6 Å². The van der Waals surface area contributed by atoms with E-state index in [1.807, 2.05) is 0 Å². The first kappa shape index (κ1) is 6.25. The molecule has 0 aliphatic heterocycles. The minimum Gasteiger partial charge on any atom is -0.355 e. The van der Waals surface area contributed by atoms with Crippen LogP contribution in [-0.4, -0.2) is 11.9 Å². The summed E-state index contributed by atoms with van der Waals surface area (Å²) in [6, 6.07) is 0.516. The quantitative estimate of drug-likeness (QED) is 0.491. The predicted molar refractivity (Wildman–Crippen MR) is 27.7 cm³/mol. The first-order chi connectivity index (χ1) is 2.77. The molecule has 2 heteroatoms. The Kier molecular flexibility index (Phi) is 3.58. The van der Waals surface area contributed by atoms with Gasteiger partial charge in [-0.2, -0.15) is 0 Å². The van der Waals surface area contributed by atoms with Crippen LogP contribution < -0.4 is 5.73 Å². The fourth-order valence-electron chi connectivity index (χ4n) is 0.186. The highest BCUT2D eigenvalue weighted by Crippen LogP contribution is 1.84. The van der Waals surface area contributed by atoms with Crippen LogP contribution >= 0.6 is 11.6 Å². The monoisotopic (exact) mass is 108 g/mol. The van der Waals surface area contributed by atoms with Crippen molar-refractivity contribution in [3.05, 3.63) is 0 Å². The number of halogens is 1. The molecule has 0 radical (unpaired) electrons. The van der Waals surface area contributed by atoms with Crippen LogP contribution in [0.5, 0.6) is 0 Å². The minimum absolute atomic E-state index is 0.516. The maximum Gasteiger partial charge on any atom is 0.0826 e. The van der Waals surface area contributed by atoms with Gasteiger partial charge in [0.1, 0.15) is 0 Å². The molecule has 0 fully saturated rings. The second-order valence-corrected chi connectivity index (χ2v) is 1.96. The van der Waals surface area contributed by atoms with Gasteiger partial charge < -0.3 is 5.73 Å². The van der Waals surface area contributed by atoms with Gasteiger partial charge in [0.15, 0.2) is 0 Å². The molecule has 0 aromatic heterocycles. The summed E-state index contributed by atoms with van der Waals surface area (Å²) in [5.41, 5.74) is 3.74. The zero-order valence-corrected chi connectivity index (χ0v) is 4.83. The van der Waals surface area contributed by atoms with E-state index in [4.69, 9.17) is 11.6 Å².